The first kappa shape index (κ1) is 15.3. The van der Waals surface area contributed by atoms with Gasteiger partial charge in [0.2, 0.25) is 5.91 Å². The monoisotopic (exact) mass is 316 g/mol. The molecule has 122 valence electrons. The fraction of sp³-hybridized carbons (Fsp3) is 0.438. The number of amides is 4. The molecule has 2 fully saturated rings. The van der Waals surface area contributed by atoms with Gasteiger partial charge in [-0.05, 0) is 12.1 Å². The van der Waals surface area contributed by atoms with Crippen LogP contribution in [0.15, 0.2) is 30.3 Å². The lowest BCUT2D eigenvalue weighted by Crippen LogP contribution is -2.52. The van der Waals surface area contributed by atoms with Gasteiger partial charge in [0.15, 0.2) is 0 Å². The van der Waals surface area contributed by atoms with Crippen molar-refractivity contribution in [2.75, 3.05) is 51.2 Å². The molecule has 1 aromatic carbocycles. The van der Waals surface area contributed by atoms with E-state index in [-0.39, 0.29) is 24.9 Å². The van der Waals surface area contributed by atoms with Crippen molar-refractivity contribution >= 4 is 23.5 Å². The number of imide groups is 1. The van der Waals surface area contributed by atoms with Crippen LogP contribution >= 0.6 is 0 Å². The molecule has 0 bridgehead atoms. The van der Waals surface area contributed by atoms with Gasteiger partial charge >= 0.3 is 6.03 Å². The number of hydrogen-bond donors (Lipinski definition) is 0. The fourth-order valence-electron chi connectivity index (χ4n) is 2.91. The van der Waals surface area contributed by atoms with Gasteiger partial charge in [-0.1, -0.05) is 18.2 Å². The lowest BCUT2D eigenvalue weighted by Gasteiger charge is -2.36. The molecule has 0 radical (unpaired) electrons. The first-order chi connectivity index (χ1) is 11.1. The van der Waals surface area contributed by atoms with E-state index in [1.54, 1.807) is 11.9 Å². The quantitative estimate of drug-likeness (QED) is 0.749. The van der Waals surface area contributed by atoms with E-state index >= 15 is 0 Å². The van der Waals surface area contributed by atoms with Crippen LogP contribution in [0.3, 0.4) is 0 Å². The molecule has 0 aliphatic carbocycles. The average Bonchev–Trinajstić information content (AvgIpc) is 2.82. The largest absolute Gasteiger partial charge is 0.368 e. The Balaban J connectivity index is 1.55. The van der Waals surface area contributed by atoms with Gasteiger partial charge in [-0.15, -0.1) is 0 Å². The zero-order valence-electron chi connectivity index (χ0n) is 13.1. The number of benzene rings is 1. The second kappa shape index (κ2) is 6.28. The molecule has 2 heterocycles. The highest BCUT2D eigenvalue weighted by Crippen LogP contribution is 2.16. The van der Waals surface area contributed by atoms with E-state index in [9.17, 15) is 14.4 Å². The summed E-state index contributed by atoms with van der Waals surface area (Å²) in [5.74, 6) is -0.483. The first-order valence-corrected chi connectivity index (χ1v) is 7.69. The van der Waals surface area contributed by atoms with Gasteiger partial charge in [-0.25, -0.2) is 4.79 Å². The number of likely N-dealkylation sites (N-methyl/N-ethyl adjacent to an activating group) is 1. The number of hydrogen-bond acceptors (Lipinski definition) is 4. The van der Waals surface area contributed by atoms with Gasteiger partial charge in [0.1, 0.15) is 13.1 Å². The summed E-state index contributed by atoms with van der Waals surface area (Å²) in [5, 5.41) is 0. The molecule has 0 aromatic heterocycles. The Morgan fingerprint density at radius 1 is 1.04 bits per heavy atom. The van der Waals surface area contributed by atoms with E-state index in [1.807, 2.05) is 18.2 Å². The van der Waals surface area contributed by atoms with Gasteiger partial charge in [-0.3, -0.25) is 14.5 Å². The Morgan fingerprint density at radius 3 is 2.26 bits per heavy atom. The molecule has 2 saturated heterocycles. The van der Waals surface area contributed by atoms with Crippen LogP contribution in [0.1, 0.15) is 0 Å². The first-order valence-electron chi connectivity index (χ1n) is 7.69. The minimum Gasteiger partial charge on any atom is -0.368 e. The van der Waals surface area contributed by atoms with E-state index in [1.165, 1.54) is 4.90 Å². The number of carbonyl (C=O) groups excluding carboxylic acids is 3. The maximum Gasteiger partial charge on any atom is 0.327 e. The SMILES string of the molecule is CN1CC(=O)N(CC(=O)N2CCN(c3ccccc3)CC2)C1=O. The van der Waals surface area contributed by atoms with E-state index < -0.39 is 6.03 Å². The van der Waals surface area contributed by atoms with E-state index in [2.05, 4.69) is 17.0 Å². The molecule has 0 saturated carbocycles. The third kappa shape index (κ3) is 3.13. The Bertz CT molecular complexity index is 611. The summed E-state index contributed by atoms with van der Waals surface area (Å²) in [4.78, 5) is 42.2. The topological polar surface area (TPSA) is 64.2 Å². The molecular formula is C16H20N4O3. The van der Waals surface area contributed by atoms with Crippen LogP contribution in [0.4, 0.5) is 10.5 Å². The molecule has 4 amide bonds. The van der Waals surface area contributed by atoms with Crippen molar-refractivity contribution in [3.63, 3.8) is 0 Å². The molecule has 0 spiro atoms. The lowest BCUT2D eigenvalue weighted by molar-refractivity contribution is -0.136. The van der Waals surface area contributed by atoms with Crippen molar-refractivity contribution in [1.82, 2.24) is 14.7 Å². The molecular weight excluding hydrogens is 296 g/mol. The molecule has 0 atom stereocenters. The number of piperazine rings is 1. The summed E-state index contributed by atoms with van der Waals surface area (Å²) in [7, 11) is 1.56. The molecule has 7 heteroatoms. The number of para-hydroxylation sites is 1. The van der Waals surface area contributed by atoms with Crippen molar-refractivity contribution in [1.29, 1.82) is 0 Å². The van der Waals surface area contributed by atoms with Crippen LogP contribution < -0.4 is 4.90 Å². The smallest absolute Gasteiger partial charge is 0.327 e. The highest BCUT2D eigenvalue weighted by molar-refractivity contribution is 6.04. The Kier molecular flexibility index (Phi) is 4.18. The number of nitrogens with zero attached hydrogens (tertiary/aromatic N) is 4. The van der Waals surface area contributed by atoms with Gasteiger partial charge in [0.05, 0.1) is 0 Å². The van der Waals surface area contributed by atoms with Crippen LogP contribution in [0.25, 0.3) is 0 Å². The van der Waals surface area contributed by atoms with Crippen molar-refractivity contribution in [2.24, 2.45) is 0 Å². The third-order valence-corrected chi connectivity index (χ3v) is 4.28. The maximum atomic E-state index is 12.3. The molecule has 2 aliphatic rings. The van der Waals surface area contributed by atoms with Crippen LogP contribution in [-0.2, 0) is 9.59 Å². The molecule has 7 nitrogen and oxygen atoms in total. The van der Waals surface area contributed by atoms with Gasteiger partial charge in [-0.2, -0.15) is 0 Å². The Morgan fingerprint density at radius 2 is 1.70 bits per heavy atom. The number of rotatable bonds is 3. The zero-order valence-corrected chi connectivity index (χ0v) is 13.1. The molecule has 23 heavy (non-hydrogen) atoms. The lowest BCUT2D eigenvalue weighted by atomic mass is 10.2. The van der Waals surface area contributed by atoms with E-state index in [0.717, 1.165) is 23.7 Å². The van der Waals surface area contributed by atoms with Gasteiger partial charge in [0, 0.05) is 38.9 Å². The van der Waals surface area contributed by atoms with Crippen LogP contribution in [0.2, 0.25) is 0 Å². The third-order valence-electron chi connectivity index (χ3n) is 4.28. The summed E-state index contributed by atoms with van der Waals surface area (Å²) in [5.41, 5.74) is 1.14. The summed E-state index contributed by atoms with van der Waals surface area (Å²) >= 11 is 0. The number of anilines is 1. The van der Waals surface area contributed by atoms with Crippen LogP contribution in [0, 0.1) is 0 Å². The maximum absolute atomic E-state index is 12.3. The standard InChI is InChI=1S/C16H20N4O3/c1-17-11-15(22)20(16(17)23)12-14(21)19-9-7-18(8-10-19)13-5-3-2-4-6-13/h2-6H,7-12H2,1H3. The van der Waals surface area contributed by atoms with Crippen molar-refractivity contribution in [2.45, 2.75) is 0 Å². The number of carbonyl (C=O) groups is 3. The van der Waals surface area contributed by atoms with Gasteiger partial charge < -0.3 is 14.7 Å². The fourth-order valence-corrected chi connectivity index (χ4v) is 2.91. The minimum absolute atomic E-state index is 0.0495. The summed E-state index contributed by atoms with van der Waals surface area (Å²) in [6.07, 6.45) is 0. The highest BCUT2D eigenvalue weighted by atomic mass is 16.2. The van der Waals surface area contributed by atoms with Crippen molar-refractivity contribution < 1.29 is 14.4 Å². The highest BCUT2D eigenvalue weighted by Gasteiger charge is 2.36. The summed E-state index contributed by atoms with van der Waals surface area (Å²) in [6, 6.07) is 9.67. The van der Waals surface area contributed by atoms with Crippen LogP contribution in [0.5, 0.6) is 0 Å². The zero-order chi connectivity index (χ0) is 16.4. The second-order valence-electron chi connectivity index (χ2n) is 5.82. The molecule has 0 N–H and O–H groups in total. The number of urea groups is 1. The Hall–Kier alpha value is -2.57. The predicted octanol–water partition coefficient (Wildman–Crippen LogP) is 0.229. The van der Waals surface area contributed by atoms with E-state index in [0.29, 0.717) is 13.1 Å². The Labute approximate surface area is 135 Å². The average molecular weight is 316 g/mol. The normalized spacial score (nSPS) is 18.8. The van der Waals surface area contributed by atoms with E-state index in [4.69, 9.17) is 0 Å². The molecule has 2 aliphatic heterocycles. The van der Waals surface area contributed by atoms with Crippen molar-refractivity contribution in [3.8, 4) is 0 Å². The van der Waals surface area contributed by atoms with Crippen molar-refractivity contribution in [3.05, 3.63) is 30.3 Å². The molecule has 0 unspecified atom stereocenters. The summed E-state index contributed by atoms with van der Waals surface area (Å²) in [6.45, 7) is 2.58. The molecule has 1 aromatic rings. The second-order valence-corrected chi connectivity index (χ2v) is 5.82. The predicted molar refractivity (Wildman–Crippen MR) is 85.0 cm³/mol. The van der Waals surface area contributed by atoms with Gasteiger partial charge in [0.25, 0.3) is 5.91 Å². The summed E-state index contributed by atoms with van der Waals surface area (Å²) < 4.78 is 0. The molecule has 3 rings (SSSR count). The minimum atomic E-state index is -0.397. The van der Waals surface area contributed by atoms with Crippen LogP contribution in [-0.4, -0.2) is 78.9 Å².